The van der Waals surface area contributed by atoms with Crippen molar-refractivity contribution in [3.05, 3.63) is 121 Å². The fraction of sp³-hybridized carbons (Fsp3) is 0. The maximum absolute atomic E-state index is 12.0. The van der Waals surface area contributed by atoms with E-state index in [0.29, 0.717) is 9.79 Å². The molecule has 0 fully saturated rings. The van der Waals surface area contributed by atoms with Gasteiger partial charge >= 0.3 is 0 Å². The van der Waals surface area contributed by atoms with Crippen LogP contribution in [0.2, 0.25) is 0 Å². The van der Waals surface area contributed by atoms with E-state index in [1.165, 1.54) is 9.79 Å². The second-order valence-corrected chi connectivity index (χ2v) is 8.95. The van der Waals surface area contributed by atoms with Crippen molar-refractivity contribution >= 4 is 21.6 Å². The summed E-state index contributed by atoms with van der Waals surface area (Å²) in [5, 5.41) is 0. The van der Waals surface area contributed by atoms with Gasteiger partial charge in [-0.15, -0.1) is 0 Å². The second-order valence-electron chi connectivity index (χ2n) is 5.86. The first-order chi connectivity index (χ1) is 13.7. The molecule has 0 heterocycles. The van der Waals surface area contributed by atoms with Crippen LogP contribution in [0.3, 0.4) is 0 Å². The van der Waals surface area contributed by atoms with Crippen molar-refractivity contribution in [2.45, 2.75) is 19.6 Å². The summed E-state index contributed by atoms with van der Waals surface area (Å²) in [7, 11) is -3.34. The van der Waals surface area contributed by atoms with E-state index in [0.717, 1.165) is 0 Å². The molecule has 0 N–H and O–H groups in total. The van der Waals surface area contributed by atoms with Crippen molar-refractivity contribution in [3.63, 3.8) is 0 Å². The molecule has 4 aromatic rings. The van der Waals surface area contributed by atoms with Gasteiger partial charge in [0.25, 0.3) is 0 Å². The van der Waals surface area contributed by atoms with Crippen molar-refractivity contribution in [1.29, 1.82) is 0 Å². The average Bonchev–Trinajstić information content (AvgIpc) is 2.77. The minimum absolute atomic E-state index is 0.330. The standard InChI is InChI=1S/C12H10O2S.C12H10S/c13-15(14,11-7-3-1-4-8-11)12-9-5-2-6-10-12;1-3-7-11(8-4-1)13-12-9-5-2-6-10-12/h1-10H;1-10H. The molecule has 140 valence electrons. The average molecular weight is 405 g/mol. The summed E-state index contributed by atoms with van der Waals surface area (Å²) in [6, 6.07) is 37.7. The third-order valence-corrected chi connectivity index (χ3v) is 6.63. The zero-order chi connectivity index (χ0) is 19.7. The van der Waals surface area contributed by atoms with Crippen LogP contribution >= 0.6 is 11.8 Å². The summed E-state index contributed by atoms with van der Waals surface area (Å²) in [6.45, 7) is 0. The second kappa shape index (κ2) is 9.93. The van der Waals surface area contributed by atoms with E-state index in [9.17, 15) is 8.42 Å². The van der Waals surface area contributed by atoms with Gasteiger partial charge in [0.1, 0.15) is 0 Å². The molecule has 0 aliphatic carbocycles. The molecule has 0 aliphatic heterocycles. The molecule has 4 heteroatoms. The van der Waals surface area contributed by atoms with Crippen LogP contribution in [0.1, 0.15) is 0 Å². The Balaban J connectivity index is 0.000000162. The number of hydrogen-bond donors (Lipinski definition) is 0. The first-order valence-corrected chi connectivity index (χ1v) is 11.1. The molecule has 0 saturated heterocycles. The Hall–Kier alpha value is -2.82. The molecule has 0 aliphatic rings. The smallest absolute Gasteiger partial charge is 0.206 e. The monoisotopic (exact) mass is 404 g/mol. The summed E-state index contributed by atoms with van der Waals surface area (Å²) < 4.78 is 24.1. The molecular formula is C24H20O2S2. The van der Waals surface area contributed by atoms with Crippen LogP contribution in [-0.4, -0.2) is 8.42 Å². The summed E-state index contributed by atoms with van der Waals surface area (Å²) >= 11 is 1.79. The Morgan fingerprint density at radius 3 is 1.04 bits per heavy atom. The molecule has 0 spiro atoms. The molecule has 0 aromatic heterocycles. The van der Waals surface area contributed by atoms with Crippen LogP contribution in [0.15, 0.2) is 141 Å². The van der Waals surface area contributed by atoms with E-state index in [4.69, 9.17) is 0 Å². The molecule has 0 bridgehead atoms. The maximum Gasteiger partial charge on any atom is 0.206 e. The van der Waals surface area contributed by atoms with Crippen LogP contribution in [0.25, 0.3) is 0 Å². The first-order valence-electron chi connectivity index (χ1n) is 8.79. The van der Waals surface area contributed by atoms with Gasteiger partial charge in [-0.3, -0.25) is 0 Å². The predicted molar refractivity (Wildman–Crippen MR) is 115 cm³/mol. The van der Waals surface area contributed by atoms with Gasteiger partial charge < -0.3 is 0 Å². The third-order valence-electron chi connectivity index (χ3n) is 3.83. The number of benzene rings is 4. The topological polar surface area (TPSA) is 34.1 Å². The Kier molecular flexibility index (Phi) is 7.06. The number of sulfone groups is 1. The highest BCUT2D eigenvalue weighted by atomic mass is 32.2. The Bertz CT molecular complexity index is 982. The van der Waals surface area contributed by atoms with Crippen molar-refractivity contribution in [2.24, 2.45) is 0 Å². The van der Waals surface area contributed by atoms with Crippen molar-refractivity contribution in [3.8, 4) is 0 Å². The Labute approximate surface area is 170 Å². The molecule has 28 heavy (non-hydrogen) atoms. The lowest BCUT2D eigenvalue weighted by Crippen LogP contribution is -2.00. The molecule has 4 aromatic carbocycles. The largest absolute Gasteiger partial charge is 0.219 e. The lowest BCUT2D eigenvalue weighted by molar-refractivity contribution is 0.596. The number of hydrogen-bond acceptors (Lipinski definition) is 3. The SMILES string of the molecule is O=S(=O)(c1ccccc1)c1ccccc1.c1ccc(Sc2ccccc2)cc1. The van der Waals surface area contributed by atoms with E-state index < -0.39 is 9.84 Å². The minimum atomic E-state index is -3.34. The molecule has 2 nitrogen and oxygen atoms in total. The van der Waals surface area contributed by atoms with Crippen LogP contribution in [-0.2, 0) is 9.84 Å². The van der Waals surface area contributed by atoms with Gasteiger partial charge in [-0.25, -0.2) is 8.42 Å². The molecule has 0 amide bonds. The summed E-state index contributed by atoms with van der Waals surface area (Å²) in [5.74, 6) is 0. The van der Waals surface area contributed by atoms with Gasteiger partial charge in [-0.05, 0) is 48.5 Å². The number of rotatable bonds is 4. The molecule has 0 atom stereocenters. The zero-order valence-electron chi connectivity index (χ0n) is 15.2. The molecule has 0 saturated carbocycles. The van der Waals surface area contributed by atoms with E-state index >= 15 is 0 Å². The summed E-state index contributed by atoms with van der Waals surface area (Å²) in [4.78, 5) is 3.23. The Morgan fingerprint density at radius 1 is 0.429 bits per heavy atom. The van der Waals surface area contributed by atoms with E-state index in [1.807, 2.05) is 12.1 Å². The molecule has 4 rings (SSSR count). The van der Waals surface area contributed by atoms with Crippen LogP contribution in [0.4, 0.5) is 0 Å². The van der Waals surface area contributed by atoms with Gasteiger partial charge in [0.2, 0.25) is 9.84 Å². The Morgan fingerprint density at radius 2 is 0.714 bits per heavy atom. The zero-order valence-corrected chi connectivity index (χ0v) is 16.8. The lowest BCUT2D eigenvalue weighted by atomic mass is 10.4. The minimum Gasteiger partial charge on any atom is -0.219 e. The maximum atomic E-state index is 12.0. The highest BCUT2D eigenvalue weighted by molar-refractivity contribution is 7.99. The summed E-state index contributed by atoms with van der Waals surface area (Å²) in [5.41, 5.74) is 0. The van der Waals surface area contributed by atoms with Gasteiger partial charge in [-0.2, -0.15) is 0 Å². The van der Waals surface area contributed by atoms with Crippen molar-refractivity contribution in [2.75, 3.05) is 0 Å². The van der Waals surface area contributed by atoms with Gasteiger partial charge in [-0.1, -0.05) is 84.6 Å². The van der Waals surface area contributed by atoms with Gasteiger partial charge in [0.05, 0.1) is 9.79 Å². The van der Waals surface area contributed by atoms with Gasteiger partial charge in [0, 0.05) is 9.79 Å². The normalized spacial score (nSPS) is 10.6. The molecular weight excluding hydrogens is 384 g/mol. The lowest BCUT2D eigenvalue weighted by Gasteiger charge is -2.03. The quantitative estimate of drug-likeness (QED) is 0.397. The van der Waals surface area contributed by atoms with Crippen LogP contribution in [0, 0.1) is 0 Å². The fourth-order valence-corrected chi connectivity index (χ4v) is 4.61. The predicted octanol–water partition coefficient (Wildman–Crippen LogP) is 6.36. The first kappa shape index (κ1) is 19.9. The van der Waals surface area contributed by atoms with Crippen LogP contribution in [0.5, 0.6) is 0 Å². The van der Waals surface area contributed by atoms with E-state index in [-0.39, 0.29) is 0 Å². The van der Waals surface area contributed by atoms with Crippen LogP contribution < -0.4 is 0 Å². The van der Waals surface area contributed by atoms with Crippen molar-refractivity contribution < 1.29 is 8.42 Å². The van der Waals surface area contributed by atoms with E-state index in [2.05, 4.69) is 48.5 Å². The van der Waals surface area contributed by atoms with Gasteiger partial charge in [0.15, 0.2) is 0 Å². The fourth-order valence-electron chi connectivity index (χ4n) is 2.45. The molecule has 0 radical (unpaired) electrons. The highest BCUT2D eigenvalue weighted by Crippen LogP contribution is 2.26. The highest BCUT2D eigenvalue weighted by Gasteiger charge is 2.15. The molecule has 0 unspecified atom stereocenters. The summed E-state index contributed by atoms with van der Waals surface area (Å²) in [6.07, 6.45) is 0. The van der Waals surface area contributed by atoms with Crippen molar-refractivity contribution in [1.82, 2.24) is 0 Å². The van der Waals surface area contributed by atoms with E-state index in [1.54, 1.807) is 72.4 Å². The third kappa shape index (κ3) is 5.59.